The maximum absolute atomic E-state index is 4.86. The first-order valence-corrected chi connectivity index (χ1v) is 11.3. The van der Waals surface area contributed by atoms with E-state index >= 15 is 0 Å². The van der Waals surface area contributed by atoms with Crippen molar-refractivity contribution in [1.82, 2.24) is 19.7 Å². The Bertz CT molecular complexity index is 705. The molecule has 3 heterocycles. The van der Waals surface area contributed by atoms with Crippen molar-refractivity contribution >= 4 is 27.3 Å². The van der Waals surface area contributed by atoms with Gasteiger partial charge in [0.2, 0.25) is 0 Å². The molecule has 2 aliphatic rings. The Morgan fingerprint density at radius 2 is 1.62 bits per heavy atom. The van der Waals surface area contributed by atoms with Crippen molar-refractivity contribution in [3.05, 3.63) is 39.8 Å². The molecule has 2 fully saturated rings. The molecule has 2 saturated heterocycles. The predicted octanol–water partition coefficient (Wildman–Crippen LogP) is 3.79. The molecule has 0 radical (unpaired) electrons. The molecule has 26 heavy (non-hydrogen) atoms. The van der Waals surface area contributed by atoms with Crippen LogP contribution < -0.4 is 0 Å². The minimum atomic E-state index is 0.977. The number of aromatic nitrogens is 1. The Labute approximate surface area is 168 Å². The summed E-state index contributed by atoms with van der Waals surface area (Å²) in [6.07, 6.45) is 2.78. The molecular weight excluding hydrogens is 408 g/mol. The van der Waals surface area contributed by atoms with Crippen molar-refractivity contribution in [2.45, 2.75) is 19.4 Å². The largest absolute Gasteiger partial charge is 0.302 e. The van der Waals surface area contributed by atoms with E-state index in [4.69, 9.17) is 4.98 Å². The topological polar surface area (TPSA) is 22.6 Å². The molecule has 0 spiro atoms. The monoisotopic (exact) mass is 434 g/mol. The van der Waals surface area contributed by atoms with Crippen LogP contribution >= 0.6 is 27.3 Å². The number of hydrogen-bond donors (Lipinski definition) is 0. The minimum Gasteiger partial charge on any atom is -0.302 e. The molecule has 4 nitrogen and oxygen atoms in total. The SMILES string of the molecule is Brc1cccc(-c2nc(CN3CCN(CCN4CCCC4)CC3)cs2)c1. The Hall–Kier alpha value is -0.790. The lowest BCUT2D eigenvalue weighted by atomic mass is 10.2. The molecule has 0 bridgehead atoms. The van der Waals surface area contributed by atoms with Crippen LogP contribution in [0.3, 0.4) is 0 Å². The molecule has 0 aliphatic carbocycles. The van der Waals surface area contributed by atoms with E-state index in [1.807, 2.05) is 0 Å². The highest BCUT2D eigenvalue weighted by molar-refractivity contribution is 9.10. The van der Waals surface area contributed by atoms with E-state index in [0.29, 0.717) is 0 Å². The smallest absolute Gasteiger partial charge is 0.123 e. The molecule has 0 saturated carbocycles. The van der Waals surface area contributed by atoms with Gasteiger partial charge < -0.3 is 4.90 Å². The zero-order valence-electron chi connectivity index (χ0n) is 15.2. The summed E-state index contributed by atoms with van der Waals surface area (Å²) in [5, 5.41) is 3.33. The zero-order valence-corrected chi connectivity index (χ0v) is 17.6. The lowest BCUT2D eigenvalue weighted by Gasteiger charge is -2.35. The van der Waals surface area contributed by atoms with E-state index in [9.17, 15) is 0 Å². The van der Waals surface area contributed by atoms with Gasteiger partial charge in [0.1, 0.15) is 5.01 Å². The fourth-order valence-corrected chi connectivity index (χ4v) is 5.03. The van der Waals surface area contributed by atoms with Gasteiger partial charge in [0.05, 0.1) is 5.69 Å². The molecule has 2 aromatic rings. The van der Waals surface area contributed by atoms with Crippen LogP contribution in [-0.4, -0.2) is 72.0 Å². The van der Waals surface area contributed by atoms with Gasteiger partial charge in [-0.2, -0.15) is 0 Å². The normalized spacial score (nSPS) is 20.0. The van der Waals surface area contributed by atoms with Gasteiger partial charge in [-0.3, -0.25) is 9.80 Å². The quantitative estimate of drug-likeness (QED) is 0.689. The second-order valence-corrected chi connectivity index (χ2v) is 9.09. The number of thiazole rings is 1. The summed E-state index contributed by atoms with van der Waals surface area (Å²) in [6, 6.07) is 8.40. The molecule has 140 valence electrons. The van der Waals surface area contributed by atoms with Gasteiger partial charge in [-0.05, 0) is 38.1 Å². The summed E-state index contributed by atoms with van der Waals surface area (Å²) in [5.41, 5.74) is 2.40. The van der Waals surface area contributed by atoms with Gasteiger partial charge in [-0.15, -0.1) is 11.3 Å². The summed E-state index contributed by atoms with van der Waals surface area (Å²) in [5.74, 6) is 0. The van der Waals surface area contributed by atoms with Crippen LogP contribution in [0.1, 0.15) is 18.5 Å². The molecule has 4 rings (SSSR count). The Kier molecular flexibility index (Phi) is 6.38. The van der Waals surface area contributed by atoms with Crippen LogP contribution in [-0.2, 0) is 6.54 Å². The number of halogens is 1. The third-order valence-electron chi connectivity index (χ3n) is 5.40. The average molecular weight is 435 g/mol. The van der Waals surface area contributed by atoms with Gasteiger partial charge >= 0.3 is 0 Å². The third-order valence-corrected chi connectivity index (χ3v) is 6.84. The summed E-state index contributed by atoms with van der Waals surface area (Å²) in [4.78, 5) is 12.7. The second kappa shape index (κ2) is 8.93. The molecule has 1 aromatic heterocycles. The molecule has 0 atom stereocenters. The van der Waals surface area contributed by atoms with Gasteiger partial charge in [0.25, 0.3) is 0 Å². The fourth-order valence-electron chi connectivity index (χ4n) is 3.82. The van der Waals surface area contributed by atoms with Crippen LogP contribution in [0.5, 0.6) is 0 Å². The molecule has 0 N–H and O–H groups in total. The lowest BCUT2D eigenvalue weighted by molar-refractivity contribution is 0.117. The number of rotatable bonds is 6. The first kappa shape index (κ1) is 18.6. The molecule has 1 aromatic carbocycles. The van der Waals surface area contributed by atoms with Crippen LogP contribution in [0.4, 0.5) is 0 Å². The minimum absolute atomic E-state index is 0.977. The maximum atomic E-state index is 4.86. The number of hydrogen-bond acceptors (Lipinski definition) is 5. The van der Waals surface area contributed by atoms with E-state index in [1.54, 1.807) is 11.3 Å². The van der Waals surface area contributed by atoms with Crippen molar-refractivity contribution in [1.29, 1.82) is 0 Å². The van der Waals surface area contributed by atoms with E-state index < -0.39 is 0 Å². The zero-order chi connectivity index (χ0) is 17.8. The van der Waals surface area contributed by atoms with Crippen molar-refractivity contribution in [3.63, 3.8) is 0 Å². The van der Waals surface area contributed by atoms with Crippen molar-refractivity contribution < 1.29 is 0 Å². The summed E-state index contributed by atoms with van der Waals surface area (Å²) >= 11 is 5.29. The molecule has 6 heteroatoms. The highest BCUT2D eigenvalue weighted by Crippen LogP contribution is 2.26. The van der Waals surface area contributed by atoms with E-state index in [2.05, 4.69) is 60.3 Å². The molecular formula is C20H27BrN4S. The Morgan fingerprint density at radius 1 is 0.923 bits per heavy atom. The molecule has 0 amide bonds. The maximum Gasteiger partial charge on any atom is 0.123 e. The second-order valence-electron chi connectivity index (χ2n) is 7.32. The van der Waals surface area contributed by atoms with E-state index in [-0.39, 0.29) is 0 Å². The lowest BCUT2D eigenvalue weighted by Crippen LogP contribution is -2.47. The fraction of sp³-hybridized carbons (Fsp3) is 0.550. The number of piperazine rings is 1. The summed E-state index contributed by atoms with van der Waals surface area (Å²) in [6.45, 7) is 10.8. The first-order valence-electron chi connectivity index (χ1n) is 9.64. The van der Waals surface area contributed by atoms with Gasteiger partial charge in [0.15, 0.2) is 0 Å². The van der Waals surface area contributed by atoms with Crippen molar-refractivity contribution in [3.8, 4) is 10.6 Å². The van der Waals surface area contributed by atoms with Crippen LogP contribution in [0, 0.1) is 0 Å². The highest BCUT2D eigenvalue weighted by Gasteiger charge is 2.19. The first-order chi connectivity index (χ1) is 12.8. The predicted molar refractivity (Wildman–Crippen MR) is 113 cm³/mol. The third kappa shape index (κ3) is 4.93. The molecule has 0 unspecified atom stereocenters. The van der Waals surface area contributed by atoms with Crippen molar-refractivity contribution in [2.24, 2.45) is 0 Å². The number of likely N-dealkylation sites (tertiary alicyclic amines) is 1. The van der Waals surface area contributed by atoms with Crippen molar-refractivity contribution in [2.75, 3.05) is 52.4 Å². The highest BCUT2D eigenvalue weighted by atomic mass is 79.9. The average Bonchev–Trinajstić information content (AvgIpc) is 3.33. The summed E-state index contributed by atoms with van der Waals surface area (Å²) < 4.78 is 1.11. The number of benzene rings is 1. The van der Waals surface area contributed by atoms with E-state index in [1.165, 1.54) is 63.4 Å². The summed E-state index contributed by atoms with van der Waals surface area (Å²) in [7, 11) is 0. The number of nitrogens with zero attached hydrogens (tertiary/aromatic N) is 4. The van der Waals surface area contributed by atoms with Crippen LogP contribution in [0.2, 0.25) is 0 Å². The standard InChI is InChI=1S/C20H27BrN4S/c21-18-5-3-4-17(14-18)20-22-19(16-26-20)15-25-12-10-24(11-13-25)9-8-23-6-1-2-7-23/h3-5,14,16H,1-2,6-13,15H2. The van der Waals surface area contributed by atoms with E-state index in [0.717, 1.165) is 29.1 Å². The van der Waals surface area contributed by atoms with Crippen LogP contribution in [0.15, 0.2) is 34.1 Å². The van der Waals surface area contributed by atoms with Gasteiger partial charge in [-0.25, -0.2) is 4.98 Å². The molecule has 2 aliphatic heterocycles. The Morgan fingerprint density at radius 3 is 2.35 bits per heavy atom. The van der Waals surface area contributed by atoms with Crippen LogP contribution in [0.25, 0.3) is 10.6 Å². The van der Waals surface area contributed by atoms with Gasteiger partial charge in [0, 0.05) is 61.2 Å². The Balaban J connectivity index is 1.24. The van der Waals surface area contributed by atoms with Gasteiger partial charge in [-0.1, -0.05) is 28.1 Å².